The van der Waals surface area contributed by atoms with Crippen LogP contribution in [0, 0.1) is 11.8 Å². The van der Waals surface area contributed by atoms with Gasteiger partial charge in [0.15, 0.2) is 5.78 Å². The maximum Gasteiger partial charge on any atom is 0.308 e. The van der Waals surface area contributed by atoms with E-state index in [2.05, 4.69) is 4.98 Å². The molecule has 2 aromatic carbocycles. The van der Waals surface area contributed by atoms with Gasteiger partial charge in [-0.25, -0.2) is 9.97 Å². The van der Waals surface area contributed by atoms with E-state index in [4.69, 9.17) is 14.5 Å². The van der Waals surface area contributed by atoms with Crippen molar-refractivity contribution in [1.82, 2.24) is 9.97 Å². The highest BCUT2D eigenvalue weighted by Crippen LogP contribution is 2.32. The van der Waals surface area contributed by atoms with Gasteiger partial charge in [0.1, 0.15) is 11.3 Å². The van der Waals surface area contributed by atoms with Crippen LogP contribution in [0.25, 0.3) is 21.6 Å². The van der Waals surface area contributed by atoms with Crippen molar-refractivity contribution in [3.05, 3.63) is 77.7 Å². The predicted molar refractivity (Wildman–Crippen MR) is 178 cm³/mol. The summed E-state index contributed by atoms with van der Waals surface area (Å²) >= 11 is 1.64. The molecule has 0 fully saturated rings. The van der Waals surface area contributed by atoms with Crippen molar-refractivity contribution in [2.24, 2.45) is 11.8 Å². The number of benzene rings is 2. The highest BCUT2D eigenvalue weighted by molar-refractivity contribution is 7.13. The molecule has 2 heterocycles. The third kappa shape index (κ3) is 12.9. The van der Waals surface area contributed by atoms with Crippen LogP contribution >= 0.6 is 11.3 Å². The first kappa shape index (κ1) is 38.4. The maximum absolute atomic E-state index is 11.3. The number of para-hydroxylation sites is 2. The molecule has 6 nitrogen and oxygen atoms in total. The van der Waals surface area contributed by atoms with Crippen molar-refractivity contribution in [3.63, 3.8) is 0 Å². The minimum absolute atomic E-state index is 0. The minimum Gasteiger partial charge on any atom is -0.473 e. The molecule has 0 atom stereocenters. The van der Waals surface area contributed by atoms with Gasteiger partial charge in [0.25, 0.3) is 0 Å². The molecule has 0 aliphatic rings. The second kappa shape index (κ2) is 18.1. The molecule has 42 heavy (non-hydrogen) atoms. The van der Waals surface area contributed by atoms with Crippen LogP contribution in [0.2, 0.25) is 0 Å². The number of fused-ring (bicyclic) bond motifs is 1. The number of ketones is 1. The number of carbonyl (C=O) groups excluding carboxylic acids is 2. The summed E-state index contributed by atoms with van der Waals surface area (Å²) in [4.78, 5) is 32.6. The van der Waals surface area contributed by atoms with Crippen molar-refractivity contribution in [2.75, 3.05) is 0 Å². The van der Waals surface area contributed by atoms with Gasteiger partial charge in [0.05, 0.1) is 27.9 Å². The molecule has 2 aromatic heterocycles. The number of thiophene rings is 1. The maximum atomic E-state index is 11.3. The smallest absolute Gasteiger partial charge is 0.308 e. The lowest BCUT2D eigenvalue weighted by Crippen LogP contribution is -2.26. The topological polar surface area (TPSA) is 78.4 Å². The quantitative estimate of drug-likeness (QED) is 0.163. The fourth-order valence-electron chi connectivity index (χ4n) is 3.22. The number of Topliss-reactive ketones (excluding diaryl/α,β-unsaturated/α-hetero) is 1. The van der Waals surface area contributed by atoms with Crippen LogP contribution in [0.3, 0.4) is 0 Å². The number of esters is 1. The number of carbonyl (C=O) groups is 2. The third-order valence-corrected chi connectivity index (χ3v) is 5.98. The van der Waals surface area contributed by atoms with E-state index in [1.54, 1.807) is 11.3 Å². The Morgan fingerprint density at radius 2 is 1.29 bits per heavy atom. The van der Waals surface area contributed by atoms with Crippen LogP contribution in [0.15, 0.2) is 72.1 Å². The molecule has 0 radical (unpaired) electrons. The fraction of sp³-hybridized carbons (Fsp3) is 0.429. The van der Waals surface area contributed by atoms with E-state index >= 15 is 0 Å². The number of rotatable bonds is 6. The fourth-order valence-corrected chi connectivity index (χ4v) is 3.92. The van der Waals surface area contributed by atoms with Gasteiger partial charge in [-0.15, -0.1) is 11.3 Å². The molecule has 4 aromatic rings. The van der Waals surface area contributed by atoms with Crippen molar-refractivity contribution in [2.45, 2.75) is 88.9 Å². The minimum atomic E-state index is -0.346. The molecule has 0 aliphatic heterocycles. The largest absolute Gasteiger partial charge is 0.473 e. The zero-order valence-electron chi connectivity index (χ0n) is 25.1. The summed E-state index contributed by atoms with van der Waals surface area (Å²) < 4.78 is 10.9. The van der Waals surface area contributed by atoms with Crippen molar-refractivity contribution in [3.8, 4) is 16.5 Å². The van der Waals surface area contributed by atoms with Gasteiger partial charge < -0.3 is 9.47 Å². The van der Waals surface area contributed by atoms with Gasteiger partial charge in [-0.1, -0.05) is 91.1 Å². The average molecular weight is 595 g/mol. The van der Waals surface area contributed by atoms with Crippen molar-refractivity contribution >= 4 is 34.1 Å². The Hall–Kier alpha value is -3.58. The van der Waals surface area contributed by atoms with E-state index in [0.29, 0.717) is 5.88 Å². The Labute approximate surface area is 257 Å². The molecule has 0 unspecified atom stereocenters. The highest BCUT2D eigenvalue weighted by atomic mass is 32.1. The Bertz CT molecular complexity index is 1340. The molecule has 0 spiro atoms. The molecular weight excluding hydrogens is 544 g/mol. The molecule has 0 aliphatic carbocycles. The molecule has 0 bridgehead atoms. The normalized spacial score (nSPS) is 10.5. The van der Waals surface area contributed by atoms with Gasteiger partial charge in [-0.3, -0.25) is 9.59 Å². The number of ether oxygens (including phenoxy) is 2. The van der Waals surface area contributed by atoms with Crippen molar-refractivity contribution in [1.29, 1.82) is 0 Å². The predicted octanol–water partition coefficient (Wildman–Crippen LogP) is 9.93. The lowest BCUT2D eigenvalue weighted by molar-refractivity contribution is -0.158. The van der Waals surface area contributed by atoms with Crippen LogP contribution in [-0.2, 0) is 9.53 Å². The van der Waals surface area contributed by atoms with E-state index in [9.17, 15) is 9.59 Å². The molecule has 4 rings (SSSR count). The summed E-state index contributed by atoms with van der Waals surface area (Å²) in [5.41, 5.74) is 3.03. The average Bonchev–Trinajstić information content (AvgIpc) is 3.42. The Morgan fingerprint density at radius 1 is 0.738 bits per heavy atom. The molecule has 230 valence electrons. The molecule has 0 amide bonds. The lowest BCUT2D eigenvalue weighted by Gasteiger charge is -2.20. The number of hydrogen-bond donors (Lipinski definition) is 0. The second-order valence-electron chi connectivity index (χ2n) is 11.1. The van der Waals surface area contributed by atoms with Gasteiger partial charge in [-0.05, 0) is 58.2 Å². The van der Waals surface area contributed by atoms with Gasteiger partial charge in [-0.2, -0.15) is 0 Å². The van der Waals surface area contributed by atoms with Gasteiger partial charge in [0.2, 0.25) is 5.88 Å². The molecule has 0 saturated carbocycles. The van der Waals surface area contributed by atoms with Crippen LogP contribution in [0.5, 0.6) is 5.88 Å². The van der Waals surface area contributed by atoms with Crippen LogP contribution < -0.4 is 4.74 Å². The van der Waals surface area contributed by atoms with E-state index < -0.39 is 0 Å². The first-order valence-electron chi connectivity index (χ1n) is 13.6. The number of hydrogen-bond acceptors (Lipinski definition) is 7. The summed E-state index contributed by atoms with van der Waals surface area (Å²) in [6.45, 7) is 17.1. The summed E-state index contributed by atoms with van der Waals surface area (Å²) in [6, 6.07) is 21.3. The van der Waals surface area contributed by atoms with E-state index in [1.165, 1.54) is 0 Å². The lowest BCUT2D eigenvalue weighted by atomic mass is 10.0. The standard InChI is InChI=1S/C15H14N2OS.C10H12O.C8H16O2.2CH4/c1-10(2)18-15-14(13-8-5-9-19-13)16-11-6-3-4-7-12(11)17-15;1-8(2)10(11)9-6-4-3-5-7-9;1-6(2)7(9)10-8(3,4)5;;/h3-10H,1-2H3;3-8H,1-2H3;6H,1-5H3;2*1H4. The third-order valence-electron chi connectivity index (χ3n) is 5.10. The van der Waals surface area contributed by atoms with Crippen molar-refractivity contribution < 1.29 is 19.1 Å². The molecule has 0 N–H and O–H groups in total. The zero-order chi connectivity index (χ0) is 29.9. The summed E-state index contributed by atoms with van der Waals surface area (Å²) in [5, 5.41) is 2.03. The molecule has 0 saturated heterocycles. The van der Waals surface area contributed by atoms with E-state index in [0.717, 1.165) is 27.2 Å². The Morgan fingerprint density at radius 3 is 1.71 bits per heavy atom. The highest BCUT2D eigenvalue weighted by Gasteiger charge is 2.18. The van der Waals surface area contributed by atoms with E-state index in [-0.39, 0.29) is 50.1 Å². The Balaban J connectivity index is 0.000000635. The number of aromatic nitrogens is 2. The van der Waals surface area contributed by atoms with Crippen LogP contribution in [-0.4, -0.2) is 33.4 Å². The molecular formula is C35H50N2O4S. The second-order valence-corrected chi connectivity index (χ2v) is 12.0. The van der Waals surface area contributed by atoms with Gasteiger partial charge in [0, 0.05) is 11.5 Å². The van der Waals surface area contributed by atoms with Crippen LogP contribution in [0.4, 0.5) is 0 Å². The molecule has 7 heteroatoms. The monoisotopic (exact) mass is 594 g/mol. The first-order valence-corrected chi connectivity index (χ1v) is 14.5. The SMILES string of the molecule is C.C.CC(C)C(=O)OC(C)(C)C.CC(C)C(=O)c1ccccc1.CC(C)Oc1nc2ccccc2nc1-c1cccs1. The summed E-state index contributed by atoms with van der Waals surface area (Å²) in [7, 11) is 0. The van der Waals surface area contributed by atoms with E-state index in [1.807, 2.05) is 134 Å². The zero-order valence-corrected chi connectivity index (χ0v) is 25.9. The van der Waals surface area contributed by atoms with Crippen LogP contribution in [0.1, 0.15) is 87.5 Å². The Kier molecular flexibility index (Phi) is 16.5. The summed E-state index contributed by atoms with van der Waals surface area (Å²) in [5.74, 6) is 0.755. The van der Waals surface area contributed by atoms with Gasteiger partial charge >= 0.3 is 5.97 Å². The first-order chi connectivity index (χ1) is 18.8. The summed E-state index contributed by atoms with van der Waals surface area (Å²) in [6.07, 6.45) is 0.0779. The number of nitrogens with zero attached hydrogens (tertiary/aromatic N) is 2.